The van der Waals surface area contributed by atoms with Gasteiger partial charge in [-0.3, -0.25) is 4.79 Å². The molecular weight excluding hydrogens is 252 g/mol. The first-order valence-electron chi connectivity index (χ1n) is 6.84. The molecule has 2 aromatic rings. The number of rotatable bonds is 3. The summed E-state index contributed by atoms with van der Waals surface area (Å²) in [7, 11) is 1.66. The molecule has 0 unspecified atom stereocenters. The number of likely N-dealkylation sites (N-methyl/N-ethyl adjacent to an activating group) is 1. The average Bonchev–Trinajstić information content (AvgIpc) is 2.87. The standard InChI is InChI=1S/C15H18N4O/c1-16-14(20)10-19-13-7-8-17-9-12(13)18-15(19)11-5-3-2-4-6-11/h2-6,17H,7-10H2,1H3,(H,16,20). The molecule has 20 heavy (non-hydrogen) atoms. The summed E-state index contributed by atoms with van der Waals surface area (Å²) in [6.45, 7) is 2.03. The van der Waals surface area contributed by atoms with Crippen LogP contribution in [0.15, 0.2) is 30.3 Å². The van der Waals surface area contributed by atoms with E-state index in [2.05, 4.69) is 10.6 Å². The van der Waals surface area contributed by atoms with Crippen LogP contribution in [0.1, 0.15) is 11.4 Å². The number of benzene rings is 1. The Morgan fingerprint density at radius 3 is 2.95 bits per heavy atom. The van der Waals surface area contributed by atoms with Gasteiger partial charge in [-0.05, 0) is 0 Å². The van der Waals surface area contributed by atoms with Gasteiger partial charge in [0.15, 0.2) is 0 Å². The highest BCUT2D eigenvalue weighted by molar-refractivity contribution is 5.76. The molecule has 0 spiro atoms. The maximum absolute atomic E-state index is 11.8. The van der Waals surface area contributed by atoms with E-state index in [1.165, 1.54) is 5.69 Å². The number of nitrogens with zero attached hydrogens (tertiary/aromatic N) is 2. The third kappa shape index (κ3) is 2.32. The number of carbonyl (C=O) groups is 1. The van der Waals surface area contributed by atoms with Gasteiger partial charge in [0, 0.05) is 37.8 Å². The second-order valence-corrected chi connectivity index (χ2v) is 4.88. The Morgan fingerprint density at radius 2 is 2.20 bits per heavy atom. The normalized spacial score (nSPS) is 13.8. The van der Waals surface area contributed by atoms with Crippen molar-refractivity contribution in [2.75, 3.05) is 13.6 Å². The minimum atomic E-state index is 0.000846. The molecule has 5 heteroatoms. The molecule has 0 atom stereocenters. The molecule has 0 bridgehead atoms. The third-order valence-corrected chi connectivity index (χ3v) is 3.60. The lowest BCUT2D eigenvalue weighted by atomic mass is 10.2. The van der Waals surface area contributed by atoms with Crippen molar-refractivity contribution in [2.24, 2.45) is 0 Å². The third-order valence-electron chi connectivity index (χ3n) is 3.60. The van der Waals surface area contributed by atoms with Crippen molar-refractivity contribution >= 4 is 5.91 Å². The highest BCUT2D eigenvalue weighted by Crippen LogP contribution is 2.24. The smallest absolute Gasteiger partial charge is 0.239 e. The summed E-state index contributed by atoms with van der Waals surface area (Å²) in [6.07, 6.45) is 0.909. The zero-order chi connectivity index (χ0) is 13.9. The van der Waals surface area contributed by atoms with Crippen LogP contribution in [-0.4, -0.2) is 29.1 Å². The van der Waals surface area contributed by atoms with E-state index in [0.717, 1.165) is 36.6 Å². The molecule has 0 saturated heterocycles. The van der Waals surface area contributed by atoms with Crippen molar-refractivity contribution in [1.82, 2.24) is 20.2 Å². The molecule has 104 valence electrons. The average molecular weight is 270 g/mol. The van der Waals surface area contributed by atoms with E-state index in [-0.39, 0.29) is 5.91 Å². The molecule has 2 N–H and O–H groups in total. The molecule has 1 aromatic carbocycles. The van der Waals surface area contributed by atoms with E-state index in [1.54, 1.807) is 7.05 Å². The summed E-state index contributed by atoms with van der Waals surface area (Å²) < 4.78 is 2.05. The van der Waals surface area contributed by atoms with Gasteiger partial charge in [-0.1, -0.05) is 30.3 Å². The van der Waals surface area contributed by atoms with Gasteiger partial charge in [0.2, 0.25) is 5.91 Å². The molecule has 0 radical (unpaired) electrons. The Labute approximate surface area is 118 Å². The number of aromatic nitrogens is 2. The van der Waals surface area contributed by atoms with Gasteiger partial charge < -0.3 is 15.2 Å². The number of imidazole rings is 1. The Kier molecular flexibility index (Phi) is 3.52. The van der Waals surface area contributed by atoms with Gasteiger partial charge in [-0.2, -0.15) is 0 Å². The van der Waals surface area contributed by atoms with Gasteiger partial charge >= 0.3 is 0 Å². The van der Waals surface area contributed by atoms with Crippen molar-refractivity contribution in [3.05, 3.63) is 41.7 Å². The summed E-state index contributed by atoms with van der Waals surface area (Å²) in [5, 5.41) is 6.01. The maximum atomic E-state index is 11.8. The fourth-order valence-corrected chi connectivity index (χ4v) is 2.57. The van der Waals surface area contributed by atoms with Crippen LogP contribution in [0.5, 0.6) is 0 Å². The van der Waals surface area contributed by atoms with Crippen LogP contribution in [0.4, 0.5) is 0 Å². The van der Waals surface area contributed by atoms with E-state index in [0.29, 0.717) is 6.54 Å². The zero-order valence-corrected chi connectivity index (χ0v) is 11.5. The van der Waals surface area contributed by atoms with E-state index < -0.39 is 0 Å². The first kappa shape index (κ1) is 12.9. The monoisotopic (exact) mass is 270 g/mol. The van der Waals surface area contributed by atoms with Gasteiger partial charge in [0.1, 0.15) is 12.4 Å². The SMILES string of the molecule is CNC(=O)Cn1c(-c2ccccc2)nc2c1CCNC2. The molecule has 0 fully saturated rings. The molecule has 5 nitrogen and oxygen atoms in total. The molecule has 3 rings (SSSR count). The summed E-state index contributed by atoms with van der Waals surface area (Å²) in [5.41, 5.74) is 3.27. The number of hydrogen-bond acceptors (Lipinski definition) is 3. The lowest BCUT2D eigenvalue weighted by Crippen LogP contribution is -2.28. The van der Waals surface area contributed by atoms with E-state index in [4.69, 9.17) is 4.98 Å². The topological polar surface area (TPSA) is 59.0 Å². The second kappa shape index (κ2) is 5.46. The van der Waals surface area contributed by atoms with Gasteiger partial charge in [-0.15, -0.1) is 0 Å². The molecule has 0 aliphatic carbocycles. The van der Waals surface area contributed by atoms with Crippen LogP contribution in [0.2, 0.25) is 0 Å². The van der Waals surface area contributed by atoms with Crippen LogP contribution in [0.25, 0.3) is 11.4 Å². The lowest BCUT2D eigenvalue weighted by molar-refractivity contribution is -0.121. The molecular formula is C15H18N4O. The minimum absolute atomic E-state index is 0.000846. The van der Waals surface area contributed by atoms with E-state index in [9.17, 15) is 4.79 Å². The highest BCUT2D eigenvalue weighted by Gasteiger charge is 2.21. The Hall–Kier alpha value is -2.14. The summed E-state index contributed by atoms with van der Waals surface area (Å²) >= 11 is 0. The van der Waals surface area contributed by atoms with Gasteiger partial charge in [0.05, 0.1) is 5.69 Å². The zero-order valence-electron chi connectivity index (χ0n) is 11.5. The van der Waals surface area contributed by atoms with Crippen molar-refractivity contribution < 1.29 is 4.79 Å². The van der Waals surface area contributed by atoms with Gasteiger partial charge in [-0.25, -0.2) is 4.98 Å². The molecule has 2 heterocycles. The largest absolute Gasteiger partial charge is 0.358 e. The Bertz CT molecular complexity index is 618. The molecule has 1 amide bonds. The number of carbonyl (C=O) groups excluding carboxylic acids is 1. The van der Waals surface area contributed by atoms with Crippen LogP contribution < -0.4 is 10.6 Å². The van der Waals surface area contributed by atoms with Crippen molar-refractivity contribution in [1.29, 1.82) is 0 Å². The van der Waals surface area contributed by atoms with Crippen LogP contribution >= 0.6 is 0 Å². The predicted octanol–water partition coefficient (Wildman–Crippen LogP) is 0.942. The summed E-state index contributed by atoms with van der Waals surface area (Å²) in [4.78, 5) is 16.5. The Morgan fingerprint density at radius 1 is 1.40 bits per heavy atom. The van der Waals surface area contributed by atoms with Gasteiger partial charge in [0.25, 0.3) is 0 Å². The molecule has 1 aliphatic heterocycles. The Balaban J connectivity index is 2.08. The molecule has 1 aliphatic rings. The van der Waals surface area contributed by atoms with Crippen LogP contribution in [-0.2, 0) is 24.3 Å². The number of nitrogens with one attached hydrogen (secondary N) is 2. The fraction of sp³-hybridized carbons (Fsp3) is 0.333. The van der Waals surface area contributed by atoms with Crippen LogP contribution in [0.3, 0.4) is 0 Å². The predicted molar refractivity (Wildman–Crippen MR) is 77.1 cm³/mol. The lowest BCUT2D eigenvalue weighted by Gasteiger charge is -2.15. The number of amides is 1. The van der Waals surface area contributed by atoms with E-state index >= 15 is 0 Å². The molecule has 1 aromatic heterocycles. The second-order valence-electron chi connectivity index (χ2n) is 4.88. The first-order valence-corrected chi connectivity index (χ1v) is 6.84. The summed E-state index contributed by atoms with van der Waals surface area (Å²) in [6, 6.07) is 10.0. The van der Waals surface area contributed by atoms with E-state index in [1.807, 2.05) is 34.9 Å². The number of fused-ring (bicyclic) bond motifs is 1. The molecule has 0 saturated carbocycles. The highest BCUT2D eigenvalue weighted by atomic mass is 16.1. The first-order chi connectivity index (χ1) is 9.79. The maximum Gasteiger partial charge on any atom is 0.239 e. The van der Waals surface area contributed by atoms with Crippen molar-refractivity contribution in [2.45, 2.75) is 19.5 Å². The number of hydrogen-bond donors (Lipinski definition) is 2. The van der Waals surface area contributed by atoms with Crippen molar-refractivity contribution in [3.8, 4) is 11.4 Å². The van der Waals surface area contributed by atoms with Crippen molar-refractivity contribution in [3.63, 3.8) is 0 Å². The summed E-state index contributed by atoms with van der Waals surface area (Å²) in [5.74, 6) is 0.879. The minimum Gasteiger partial charge on any atom is -0.358 e. The van der Waals surface area contributed by atoms with Crippen LogP contribution in [0, 0.1) is 0 Å². The quantitative estimate of drug-likeness (QED) is 0.872. The fourth-order valence-electron chi connectivity index (χ4n) is 2.57.